The zero-order chi connectivity index (χ0) is 21.4. The Morgan fingerprint density at radius 2 is 0.867 bits per heavy atom. The Kier molecular flexibility index (Phi) is 4.82. The standard InChI is InChI=1S/C18H24N9O3/c1-4-25-13(16(19)28-22-25)10-7-11(14-17(20)29-23-26(14)5-2)9-12(8-10)15-18(21)30-24-27(15)6-3/h7-9H,4-6,19-21H2,1-3H3/q+3. The van der Waals surface area contributed by atoms with Gasteiger partial charge in [-0.3, -0.25) is 13.6 Å². The molecule has 12 heteroatoms. The molecule has 0 bridgehead atoms. The zero-order valence-electron chi connectivity index (χ0n) is 17.0. The van der Waals surface area contributed by atoms with Gasteiger partial charge in [0.05, 0.1) is 16.7 Å². The van der Waals surface area contributed by atoms with E-state index in [-0.39, 0.29) is 17.7 Å². The molecule has 6 N–H and O–H groups in total. The molecule has 12 nitrogen and oxygen atoms in total. The number of aryl methyl sites for hydroxylation is 3. The first-order valence-corrected chi connectivity index (χ1v) is 9.60. The molecule has 0 amide bonds. The van der Waals surface area contributed by atoms with Crippen molar-refractivity contribution in [2.24, 2.45) is 0 Å². The van der Waals surface area contributed by atoms with Gasteiger partial charge >= 0.3 is 34.7 Å². The molecule has 0 fully saturated rings. The lowest BCUT2D eigenvalue weighted by Gasteiger charge is -2.03. The summed E-state index contributed by atoms with van der Waals surface area (Å²) in [7, 11) is 0. The topological polar surface area (TPSA) is 168 Å². The van der Waals surface area contributed by atoms with Crippen LogP contribution in [0, 0.1) is 0 Å². The molecule has 0 aliphatic rings. The van der Waals surface area contributed by atoms with Gasteiger partial charge in [-0.2, -0.15) is 0 Å². The maximum atomic E-state index is 6.09. The van der Waals surface area contributed by atoms with E-state index in [4.69, 9.17) is 30.8 Å². The van der Waals surface area contributed by atoms with E-state index in [2.05, 4.69) is 15.8 Å². The molecule has 4 rings (SSSR count). The highest BCUT2D eigenvalue weighted by Gasteiger charge is 2.32. The zero-order valence-corrected chi connectivity index (χ0v) is 17.0. The first-order chi connectivity index (χ1) is 14.5. The molecule has 3 heterocycles. The van der Waals surface area contributed by atoms with Crippen molar-refractivity contribution < 1.29 is 27.6 Å². The SMILES string of the molecule is CC[n+]1noc(N)c1-c1cc(-c2c(N)on[n+]2CC)cc(-c2c(N)on[n+]2CC)c1. The van der Waals surface area contributed by atoms with Gasteiger partial charge in [0.1, 0.15) is 0 Å². The highest BCUT2D eigenvalue weighted by molar-refractivity contribution is 5.81. The second-order valence-corrected chi connectivity index (χ2v) is 6.60. The minimum atomic E-state index is 0.197. The molecular formula is C18H24N9O3+3. The molecule has 1 aromatic carbocycles. The minimum absolute atomic E-state index is 0.197. The first kappa shape index (κ1) is 19.4. The van der Waals surface area contributed by atoms with Gasteiger partial charge in [-0.1, -0.05) is 0 Å². The van der Waals surface area contributed by atoms with Crippen molar-refractivity contribution in [3.05, 3.63) is 18.2 Å². The van der Waals surface area contributed by atoms with E-state index >= 15 is 0 Å². The van der Waals surface area contributed by atoms with Gasteiger partial charge < -0.3 is 17.2 Å². The molecule has 0 unspecified atom stereocenters. The van der Waals surface area contributed by atoms with E-state index in [1.165, 1.54) is 0 Å². The van der Waals surface area contributed by atoms with E-state index in [1.807, 2.05) is 39.0 Å². The number of aromatic nitrogens is 6. The molecular weight excluding hydrogens is 390 g/mol. The summed E-state index contributed by atoms with van der Waals surface area (Å²) in [5, 5.41) is 12.0. The van der Waals surface area contributed by atoms with E-state index in [1.54, 1.807) is 14.0 Å². The van der Waals surface area contributed by atoms with Crippen molar-refractivity contribution in [3.63, 3.8) is 0 Å². The first-order valence-electron chi connectivity index (χ1n) is 9.60. The third-order valence-electron chi connectivity index (χ3n) is 4.84. The van der Waals surface area contributed by atoms with E-state index < -0.39 is 0 Å². The minimum Gasteiger partial charge on any atom is -0.362 e. The second-order valence-electron chi connectivity index (χ2n) is 6.60. The van der Waals surface area contributed by atoms with Gasteiger partial charge in [0.25, 0.3) is 0 Å². The van der Waals surface area contributed by atoms with E-state index in [0.29, 0.717) is 36.7 Å². The van der Waals surface area contributed by atoms with Gasteiger partial charge in [-0.15, -0.1) is 0 Å². The quantitative estimate of drug-likeness (QED) is 0.376. The lowest BCUT2D eigenvalue weighted by molar-refractivity contribution is -0.750. The number of anilines is 3. The van der Waals surface area contributed by atoms with Crippen molar-refractivity contribution in [3.8, 4) is 33.8 Å². The number of hydrogen-bond acceptors (Lipinski definition) is 9. The Labute approximate surface area is 171 Å². The molecule has 0 aliphatic carbocycles. The number of rotatable bonds is 6. The van der Waals surface area contributed by atoms with Crippen molar-refractivity contribution in [1.29, 1.82) is 0 Å². The number of nitrogens with zero attached hydrogens (tertiary/aromatic N) is 6. The van der Waals surface area contributed by atoms with Gasteiger partial charge in [0.2, 0.25) is 15.8 Å². The van der Waals surface area contributed by atoms with E-state index in [0.717, 1.165) is 16.7 Å². The molecule has 0 atom stereocenters. The van der Waals surface area contributed by atoms with E-state index in [9.17, 15) is 0 Å². The van der Waals surface area contributed by atoms with Crippen LogP contribution in [-0.4, -0.2) is 15.8 Å². The summed E-state index contributed by atoms with van der Waals surface area (Å²) in [5.41, 5.74) is 22.4. The van der Waals surface area contributed by atoms with Crippen molar-refractivity contribution in [2.75, 3.05) is 17.2 Å². The van der Waals surface area contributed by atoms with Crippen molar-refractivity contribution in [1.82, 2.24) is 15.8 Å². The summed E-state index contributed by atoms with van der Waals surface area (Å²) in [5.74, 6) is 0.592. The van der Waals surface area contributed by atoms with Crippen LogP contribution in [0.4, 0.5) is 17.7 Å². The molecule has 0 saturated carbocycles. The fourth-order valence-electron chi connectivity index (χ4n) is 3.47. The molecule has 0 aliphatic heterocycles. The molecule has 0 spiro atoms. The summed E-state index contributed by atoms with van der Waals surface area (Å²) in [6, 6.07) is 5.77. The Hall–Kier alpha value is -3.96. The summed E-state index contributed by atoms with van der Waals surface area (Å²) in [4.78, 5) is 0. The average Bonchev–Trinajstić information content (AvgIpc) is 3.43. The number of hydrogen-bond donors (Lipinski definition) is 3. The van der Waals surface area contributed by atoms with Crippen molar-refractivity contribution in [2.45, 2.75) is 40.4 Å². The van der Waals surface area contributed by atoms with Crippen LogP contribution >= 0.6 is 0 Å². The van der Waals surface area contributed by atoms with Gasteiger partial charge in [-0.05, 0) is 53.0 Å². The Morgan fingerprint density at radius 3 is 1.10 bits per heavy atom. The lowest BCUT2D eigenvalue weighted by atomic mass is 9.99. The van der Waals surface area contributed by atoms with Crippen LogP contribution < -0.4 is 31.2 Å². The molecule has 30 heavy (non-hydrogen) atoms. The highest BCUT2D eigenvalue weighted by Crippen LogP contribution is 2.34. The highest BCUT2D eigenvalue weighted by atomic mass is 16.5. The van der Waals surface area contributed by atoms with Crippen LogP contribution in [0.2, 0.25) is 0 Å². The monoisotopic (exact) mass is 414 g/mol. The second kappa shape index (κ2) is 7.46. The fourth-order valence-corrected chi connectivity index (χ4v) is 3.47. The largest absolute Gasteiger partial charge is 0.362 e. The number of nitrogen functional groups attached to an aromatic ring is 3. The van der Waals surface area contributed by atoms with Crippen LogP contribution in [0.3, 0.4) is 0 Å². The fraction of sp³-hybridized carbons (Fsp3) is 0.333. The van der Waals surface area contributed by atoms with Crippen LogP contribution in [0.15, 0.2) is 31.8 Å². The normalized spacial score (nSPS) is 11.3. The van der Waals surface area contributed by atoms with Gasteiger partial charge in [0, 0.05) is 0 Å². The molecule has 156 valence electrons. The number of benzene rings is 1. The predicted octanol–water partition coefficient (Wildman–Crippen LogP) is 0.320. The Balaban J connectivity index is 2.03. The summed E-state index contributed by atoms with van der Waals surface area (Å²) >= 11 is 0. The van der Waals surface area contributed by atoms with Gasteiger partial charge in [-0.25, -0.2) is 0 Å². The third-order valence-corrected chi connectivity index (χ3v) is 4.84. The smallest absolute Gasteiger partial charge is 0.304 e. The molecule has 0 saturated heterocycles. The Bertz CT molecular complexity index is 1050. The summed E-state index contributed by atoms with van der Waals surface area (Å²) in [6.07, 6.45) is 0. The number of nitrogens with two attached hydrogens (primary N) is 3. The van der Waals surface area contributed by atoms with Crippen LogP contribution in [-0.2, 0) is 19.6 Å². The van der Waals surface area contributed by atoms with Crippen molar-refractivity contribution >= 4 is 17.7 Å². The average molecular weight is 414 g/mol. The van der Waals surface area contributed by atoms with Crippen LogP contribution in [0.5, 0.6) is 0 Å². The lowest BCUT2D eigenvalue weighted by Crippen LogP contribution is -2.37. The maximum Gasteiger partial charge on any atom is 0.304 e. The third kappa shape index (κ3) is 3.02. The predicted molar refractivity (Wildman–Crippen MR) is 104 cm³/mol. The molecule has 0 radical (unpaired) electrons. The van der Waals surface area contributed by atoms with Crippen LogP contribution in [0.1, 0.15) is 20.8 Å². The molecule has 4 aromatic rings. The Morgan fingerprint density at radius 1 is 0.600 bits per heavy atom. The van der Waals surface area contributed by atoms with Gasteiger partial charge in [0.15, 0.2) is 19.6 Å². The summed E-state index contributed by atoms with van der Waals surface area (Å²) < 4.78 is 20.6. The summed E-state index contributed by atoms with van der Waals surface area (Å²) in [6.45, 7) is 7.56. The van der Waals surface area contributed by atoms with Crippen LogP contribution in [0.25, 0.3) is 33.8 Å². The molecule has 3 aromatic heterocycles. The maximum absolute atomic E-state index is 6.09.